The van der Waals surface area contributed by atoms with E-state index in [-0.39, 0.29) is 5.91 Å². The molecule has 3 nitrogen and oxygen atoms in total. The number of nitrogens with one attached hydrogen (secondary N) is 1. The Balaban J connectivity index is 1.90. The maximum absolute atomic E-state index is 12.0. The van der Waals surface area contributed by atoms with Crippen LogP contribution in [0.15, 0.2) is 24.3 Å². The van der Waals surface area contributed by atoms with Gasteiger partial charge >= 0.3 is 0 Å². The van der Waals surface area contributed by atoms with Crippen LogP contribution in [0.3, 0.4) is 0 Å². The van der Waals surface area contributed by atoms with E-state index < -0.39 is 0 Å². The third kappa shape index (κ3) is 3.68. The van der Waals surface area contributed by atoms with Crippen LogP contribution in [-0.2, 0) is 4.79 Å². The number of hydrogen-bond acceptors (Lipinski definition) is 2. The monoisotopic (exact) mass is 358 g/mol. The summed E-state index contributed by atoms with van der Waals surface area (Å²) in [7, 11) is 0. The lowest BCUT2D eigenvalue weighted by Gasteiger charge is -2.32. The SMILES string of the molecule is C[C@@H]1CCCCN1CC(=O)Nc1ccccc1I. The Bertz CT molecular complexity index is 422. The minimum Gasteiger partial charge on any atom is -0.324 e. The third-order valence-corrected chi connectivity index (χ3v) is 4.38. The molecule has 1 aliphatic rings. The molecule has 4 heteroatoms. The molecule has 0 radical (unpaired) electrons. The summed E-state index contributed by atoms with van der Waals surface area (Å²) >= 11 is 2.24. The highest BCUT2D eigenvalue weighted by Crippen LogP contribution is 2.18. The summed E-state index contributed by atoms with van der Waals surface area (Å²) in [5, 5.41) is 2.99. The Hall–Kier alpha value is -0.620. The molecule has 1 N–H and O–H groups in total. The Morgan fingerprint density at radius 1 is 1.44 bits per heavy atom. The molecule has 1 aromatic rings. The zero-order valence-electron chi connectivity index (χ0n) is 10.7. The van der Waals surface area contributed by atoms with Crippen molar-refractivity contribution in [1.82, 2.24) is 4.90 Å². The van der Waals surface area contributed by atoms with Gasteiger partial charge in [-0.2, -0.15) is 0 Å². The number of piperidine rings is 1. The van der Waals surface area contributed by atoms with Crippen LogP contribution in [0.2, 0.25) is 0 Å². The molecular formula is C14H19IN2O. The van der Waals surface area contributed by atoms with Crippen molar-refractivity contribution in [3.05, 3.63) is 27.8 Å². The first-order valence-corrected chi connectivity index (χ1v) is 7.53. The van der Waals surface area contributed by atoms with E-state index in [1.54, 1.807) is 0 Å². The first-order chi connectivity index (χ1) is 8.66. The molecule has 0 saturated carbocycles. The first-order valence-electron chi connectivity index (χ1n) is 6.45. The Morgan fingerprint density at radius 3 is 2.94 bits per heavy atom. The van der Waals surface area contributed by atoms with Crippen LogP contribution in [0.25, 0.3) is 0 Å². The topological polar surface area (TPSA) is 32.3 Å². The third-order valence-electron chi connectivity index (χ3n) is 3.44. The van der Waals surface area contributed by atoms with Gasteiger partial charge in [-0.15, -0.1) is 0 Å². The van der Waals surface area contributed by atoms with Gasteiger partial charge in [-0.3, -0.25) is 9.69 Å². The number of para-hydroxylation sites is 1. The quantitative estimate of drug-likeness (QED) is 0.843. The Labute approximate surface area is 122 Å². The average molecular weight is 358 g/mol. The van der Waals surface area contributed by atoms with E-state index in [1.165, 1.54) is 19.3 Å². The van der Waals surface area contributed by atoms with Crippen molar-refractivity contribution in [1.29, 1.82) is 0 Å². The average Bonchev–Trinajstić information content (AvgIpc) is 2.35. The number of anilines is 1. The van der Waals surface area contributed by atoms with Crippen LogP contribution in [0.5, 0.6) is 0 Å². The van der Waals surface area contributed by atoms with E-state index in [1.807, 2.05) is 24.3 Å². The van der Waals surface area contributed by atoms with Gasteiger partial charge in [-0.1, -0.05) is 18.6 Å². The van der Waals surface area contributed by atoms with Crippen LogP contribution in [0.1, 0.15) is 26.2 Å². The molecule has 1 atom stereocenters. The van der Waals surface area contributed by atoms with Crippen LogP contribution < -0.4 is 5.32 Å². The van der Waals surface area contributed by atoms with Gasteiger partial charge < -0.3 is 5.32 Å². The zero-order chi connectivity index (χ0) is 13.0. The lowest BCUT2D eigenvalue weighted by Crippen LogP contribution is -2.42. The molecule has 18 heavy (non-hydrogen) atoms. The van der Waals surface area contributed by atoms with Gasteiger partial charge in [0.05, 0.1) is 12.2 Å². The highest BCUT2D eigenvalue weighted by atomic mass is 127. The highest BCUT2D eigenvalue weighted by molar-refractivity contribution is 14.1. The van der Waals surface area contributed by atoms with E-state index in [9.17, 15) is 4.79 Å². The summed E-state index contributed by atoms with van der Waals surface area (Å²) < 4.78 is 1.08. The van der Waals surface area contributed by atoms with E-state index in [0.29, 0.717) is 12.6 Å². The number of halogens is 1. The number of nitrogens with zero attached hydrogens (tertiary/aromatic N) is 1. The van der Waals surface area contributed by atoms with Crippen molar-refractivity contribution >= 4 is 34.2 Å². The number of amides is 1. The normalized spacial score (nSPS) is 20.7. The molecule has 1 aromatic carbocycles. The summed E-state index contributed by atoms with van der Waals surface area (Å²) in [4.78, 5) is 14.3. The van der Waals surface area contributed by atoms with Crippen molar-refractivity contribution in [2.24, 2.45) is 0 Å². The number of likely N-dealkylation sites (tertiary alicyclic amines) is 1. The molecule has 1 heterocycles. The first kappa shape index (κ1) is 13.8. The molecule has 1 saturated heterocycles. The van der Waals surface area contributed by atoms with Gasteiger partial charge in [-0.25, -0.2) is 0 Å². The fourth-order valence-electron chi connectivity index (χ4n) is 2.33. The number of benzene rings is 1. The fraction of sp³-hybridized carbons (Fsp3) is 0.500. The molecular weight excluding hydrogens is 339 g/mol. The van der Waals surface area contributed by atoms with Gasteiger partial charge in [0, 0.05) is 9.61 Å². The molecule has 0 unspecified atom stereocenters. The number of rotatable bonds is 3. The standard InChI is InChI=1S/C14H19IN2O/c1-11-6-4-5-9-17(11)10-14(18)16-13-8-3-2-7-12(13)15/h2-3,7-8,11H,4-6,9-10H2,1H3,(H,16,18)/t11-/m1/s1. The van der Waals surface area contributed by atoms with E-state index >= 15 is 0 Å². The molecule has 0 bridgehead atoms. The highest BCUT2D eigenvalue weighted by Gasteiger charge is 2.20. The summed E-state index contributed by atoms with van der Waals surface area (Å²) in [6.07, 6.45) is 3.70. The van der Waals surface area contributed by atoms with Crippen LogP contribution in [0, 0.1) is 3.57 Å². The number of hydrogen-bond donors (Lipinski definition) is 1. The predicted molar refractivity (Wildman–Crippen MR) is 82.7 cm³/mol. The lowest BCUT2D eigenvalue weighted by molar-refractivity contribution is -0.118. The van der Waals surface area contributed by atoms with Gasteiger partial charge in [0.2, 0.25) is 5.91 Å². The zero-order valence-corrected chi connectivity index (χ0v) is 12.8. The van der Waals surface area contributed by atoms with Crippen LogP contribution >= 0.6 is 22.6 Å². The van der Waals surface area contributed by atoms with E-state index in [4.69, 9.17) is 0 Å². The molecule has 1 amide bonds. The van der Waals surface area contributed by atoms with Crippen molar-refractivity contribution in [2.45, 2.75) is 32.2 Å². The van der Waals surface area contributed by atoms with E-state index in [0.717, 1.165) is 15.8 Å². The number of carbonyl (C=O) groups is 1. The molecule has 0 spiro atoms. The maximum atomic E-state index is 12.0. The molecule has 1 aliphatic heterocycles. The second-order valence-corrected chi connectivity index (χ2v) is 6.01. The molecule has 2 rings (SSSR count). The summed E-state index contributed by atoms with van der Waals surface area (Å²) in [5.41, 5.74) is 0.910. The Kier molecular flexibility index (Phi) is 5.00. The number of carbonyl (C=O) groups excluding carboxylic acids is 1. The van der Waals surface area contributed by atoms with Crippen LogP contribution in [-0.4, -0.2) is 29.9 Å². The summed E-state index contributed by atoms with van der Waals surface area (Å²) in [5.74, 6) is 0.0906. The molecule has 0 aromatic heterocycles. The summed E-state index contributed by atoms with van der Waals surface area (Å²) in [6.45, 7) is 3.76. The molecule has 1 fully saturated rings. The maximum Gasteiger partial charge on any atom is 0.238 e. The van der Waals surface area contributed by atoms with E-state index in [2.05, 4.69) is 39.7 Å². The minimum absolute atomic E-state index is 0.0906. The lowest BCUT2D eigenvalue weighted by atomic mass is 10.0. The van der Waals surface area contributed by atoms with Crippen LogP contribution in [0.4, 0.5) is 5.69 Å². The van der Waals surface area contributed by atoms with Crippen molar-refractivity contribution in [3.63, 3.8) is 0 Å². The molecule has 98 valence electrons. The predicted octanol–water partition coefficient (Wildman–Crippen LogP) is 3.10. The second kappa shape index (κ2) is 6.52. The fourth-order valence-corrected chi connectivity index (χ4v) is 2.85. The minimum atomic E-state index is 0.0906. The smallest absolute Gasteiger partial charge is 0.238 e. The largest absolute Gasteiger partial charge is 0.324 e. The van der Waals surface area contributed by atoms with Crippen molar-refractivity contribution in [3.8, 4) is 0 Å². The van der Waals surface area contributed by atoms with Crippen molar-refractivity contribution in [2.75, 3.05) is 18.4 Å². The second-order valence-electron chi connectivity index (χ2n) is 4.84. The van der Waals surface area contributed by atoms with Gasteiger partial charge in [0.25, 0.3) is 0 Å². The van der Waals surface area contributed by atoms with Crippen molar-refractivity contribution < 1.29 is 4.79 Å². The Morgan fingerprint density at radius 2 is 2.22 bits per heavy atom. The van der Waals surface area contributed by atoms with Gasteiger partial charge in [0.1, 0.15) is 0 Å². The van der Waals surface area contributed by atoms with Gasteiger partial charge in [0.15, 0.2) is 0 Å². The summed E-state index contributed by atoms with van der Waals surface area (Å²) in [6, 6.07) is 8.39. The van der Waals surface area contributed by atoms with Gasteiger partial charge in [-0.05, 0) is 61.0 Å². The molecule has 0 aliphatic carbocycles.